The number of halogens is 1. The number of hydrogen-bond acceptors (Lipinski definition) is 5. The second-order valence-electron chi connectivity index (χ2n) is 5.42. The highest BCUT2D eigenvalue weighted by Gasteiger charge is 2.12. The van der Waals surface area contributed by atoms with Crippen molar-refractivity contribution in [1.82, 2.24) is 14.7 Å². The minimum atomic E-state index is -3.47. The van der Waals surface area contributed by atoms with Crippen LogP contribution >= 0.6 is 11.3 Å². The van der Waals surface area contributed by atoms with Gasteiger partial charge in [0.05, 0.1) is 11.4 Å². The molecule has 0 aliphatic heterocycles. The Kier molecular flexibility index (Phi) is 5.52. The molecule has 1 N–H and O–H groups in total. The van der Waals surface area contributed by atoms with Gasteiger partial charge in [0.1, 0.15) is 10.8 Å². The first-order valence-electron chi connectivity index (χ1n) is 7.58. The Labute approximate surface area is 149 Å². The summed E-state index contributed by atoms with van der Waals surface area (Å²) in [4.78, 5) is 8.56. The summed E-state index contributed by atoms with van der Waals surface area (Å²) < 4.78 is 39.6. The minimum absolute atomic E-state index is 0.175. The van der Waals surface area contributed by atoms with Gasteiger partial charge in [-0.25, -0.2) is 22.5 Å². The number of benzene rings is 1. The molecule has 1 aromatic carbocycles. The first kappa shape index (κ1) is 17.7. The summed E-state index contributed by atoms with van der Waals surface area (Å²) >= 11 is 1.50. The van der Waals surface area contributed by atoms with E-state index in [0.29, 0.717) is 12.0 Å². The van der Waals surface area contributed by atoms with E-state index in [-0.39, 0.29) is 18.1 Å². The number of aromatic nitrogens is 2. The van der Waals surface area contributed by atoms with Crippen molar-refractivity contribution in [2.75, 3.05) is 6.54 Å². The maximum Gasteiger partial charge on any atom is 0.215 e. The van der Waals surface area contributed by atoms with Crippen molar-refractivity contribution < 1.29 is 12.8 Å². The standard InChI is InChI=1S/C17H16FN3O2S2/c18-15-5-3-13(4-6-15)12-25(22,23)20-9-7-16-11-24-17(21-16)14-2-1-8-19-10-14/h1-6,8,10-11,20H,7,9,12H2. The number of nitrogens with zero attached hydrogens (tertiary/aromatic N) is 2. The topological polar surface area (TPSA) is 72.0 Å². The molecule has 3 rings (SSSR count). The normalized spacial score (nSPS) is 11.6. The first-order valence-corrected chi connectivity index (χ1v) is 10.1. The molecule has 25 heavy (non-hydrogen) atoms. The van der Waals surface area contributed by atoms with Crippen LogP contribution in [0.4, 0.5) is 4.39 Å². The Hall–Kier alpha value is -2.16. The number of thiazole rings is 1. The van der Waals surface area contributed by atoms with Crippen molar-refractivity contribution >= 4 is 21.4 Å². The third kappa shape index (κ3) is 5.15. The molecule has 130 valence electrons. The van der Waals surface area contributed by atoms with Crippen LogP contribution in [0.3, 0.4) is 0 Å². The maximum absolute atomic E-state index is 12.9. The van der Waals surface area contributed by atoms with E-state index in [0.717, 1.165) is 16.3 Å². The lowest BCUT2D eigenvalue weighted by Gasteiger charge is -2.06. The first-order chi connectivity index (χ1) is 12.0. The monoisotopic (exact) mass is 377 g/mol. The predicted molar refractivity (Wildman–Crippen MR) is 96.1 cm³/mol. The van der Waals surface area contributed by atoms with Crippen molar-refractivity contribution in [3.63, 3.8) is 0 Å². The number of rotatable bonds is 7. The summed E-state index contributed by atoms with van der Waals surface area (Å²) in [6.07, 6.45) is 3.95. The number of sulfonamides is 1. The molecule has 2 heterocycles. The van der Waals surface area contributed by atoms with Crippen LogP contribution in [0.2, 0.25) is 0 Å². The fourth-order valence-corrected chi connectivity index (χ4v) is 4.22. The maximum atomic E-state index is 12.9. The molecule has 0 unspecified atom stereocenters. The second kappa shape index (κ2) is 7.81. The van der Waals surface area contributed by atoms with Crippen LogP contribution in [0.1, 0.15) is 11.3 Å². The molecule has 3 aromatic rings. The average molecular weight is 377 g/mol. The van der Waals surface area contributed by atoms with Gasteiger partial charge in [0, 0.05) is 36.3 Å². The highest BCUT2D eigenvalue weighted by Crippen LogP contribution is 2.22. The molecule has 8 heteroatoms. The van der Waals surface area contributed by atoms with Crippen LogP contribution < -0.4 is 4.72 Å². The second-order valence-corrected chi connectivity index (χ2v) is 8.08. The van der Waals surface area contributed by atoms with E-state index in [9.17, 15) is 12.8 Å². The SMILES string of the molecule is O=S(=O)(Cc1ccc(F)cc1)NCCc1csc(-c2cccnc2)n1. The van der Waals surface area contributed by atoms with Crippen molar-refractivity contribution in [2.45, 2.75) is 12.2 Å². The molecule has 2 aromatic heterocycles. The lowest BCUT2D eigenvalue weighted by molar-refractivity contribution is 0.580. The fraction of sp³-hybridized carbons (Fsp3) is 0.176. The molecule has 0 atom stereocenters. The summed E-state index contributed by atoms with van der Waals surface area (Å²) in [5, 5.41) is 2.77. The van der Waals surface area contributed by atoms with Gasteiger partial charge in [0.15, 0.2) is 0 Å². The van der Waals surface area contributed by atoms with Gasteiger partial charge in [-0.3, -0.25) is 4.98 Å². The van der Waals surface area contributed by atoms with Crippen molar-refractivity contribution in [1.29, 1.82) is 0 Å². The largest absolute Gasteiger partial charge is 0.264 e. The van der Waals surface area contributed by atoms with E-state index >= 15 is 0 Å². The number of pyridine rings is 1. The Balaban J connectivity index is 1.54. The molecule has 5 nitrogen and oxygen atoms in total. The van der Waals surface area contributed by atoms with Gasteiger partial charge in [-0.2, -0.15) is 0 Å². The highest BCUT2D eigenvalue weighted by molar-refractivity contribution is 7.88. The Bertz CT molecular complexity index is 926. The lowest BCUT2D eigenvalue weighted by atomic mass is 10.2. The van der Waals surface area contributed by atoms with Crippen molar-refractivity contribution in [3.05, 3.63) is 71.2 Å². The molecule has 0 spiro atoms. The van der Waals surface area contributed by atoms with Crippen LogP contribution in [0, 0.1) is 5.82 Å². The fourth-order valence-electron chi connectivity index (χ4n) is 2.23. The van der Waals surface area contributed by atoms with E-state index in [1.54, 1.807) is 12.4 Å². The Morgan fingerprint density at radius 2 is 1.96 bits per heavy atom. The average Bonchev–Trinajstić information content (AvgIpc) is 3.06. The third-order valence-electron chi connectivity index (χ3n) is 3.43. The Morgan fingerprint density at radius 1 is 1.16 bits per heavy atom. The number of nitrogens with one attached hydrogen (secondary N) is 1. The van der Waals surface area contributed by atoms with E-state index in [1.165, 1.54) is 35.6 Å². The summed E-state index contributed by atoms with van der Waals surface area (Å²) in [5.74, 6) is -0.562. The van der Waals surface area contributed by atoms with Crippen molar-refractivity contribution in [3.8, 4) is 10.6 Å². The third-order valence-corrected chi connectivity index (χ3v) is 5.73. The van der Waals surface area contributed by atoms with Crippen LogP contribution in [-0.4, -0.2) is 24.9 Å². The summed E-state index contributed by atoms with van der Waals surface area (Å²) in [7, 11) is -3.47. The molecule has 0 saturated heterocycles. The molecule has 0 radical (unpaired) electrons. The molecular formula is C17H16FN3O2S2. The van der Waals surface area contributed by atoms with Gasteiger partial charge in [-0.1, -0.05) is 12.1 Å². The minimum Gasteiger partial charge on any atom is -0.264 e. The molecule has 0 saturated carbocycles. The molecule has 0 aliphatic rings. The van der Waals surface area contributed by atoms with Crippen molar-refractivity contribution in [2.24, 2.45) is 0 Å². The van der Waals surface area contributed by atoms with Gasteiger partial charge in [0.2, 0.25) is 10.0 Å². The zero-order valence-electron chi connectivity index (χ0n) is 13.2. The van der Waals surface area contributed by atoms with Crippen LogP contribution in [0.15, 0.2) is 54.2 Å². The van der Waals surface area contributed by atoms with Crippen LogP contribution in [0.5, 0.6) is 0 Å². The van der Waals surface area contributed by atoms with Gasteiger partial charge in [-0.15, -0.1) is 11.3 Å². The molecule has 0 bridgehead atoms. The van der Waals surface area contributed by atoms with Gasteiger partial charge in [-0.05, 0) is 29.8 Å². The van der Waals surface area contributed by atoms with Crippen LogP contribution in [0.25, 0.3) is 10.6 Å². The molecule has 0 aliphatic carbocycles. The summed E-state index contributed by atoms with van der Waals surface area (Å²) in [6.45, 7) is 0.264. The van der Waals surface area contributed by atoms with Gasteiger partial charge < -0.3 is 0 Å². The van der Waals surface area contributed by atoms with E-state index in [2.05, 4.69) is 14.7 Å². The molecular weight excluding hydrogens is 361 g/mol. The summed E-state index contributed by atoms with van der Waals surface area (Å²) in [6, 6.07) is 9.21. The zero-order valence-corrected chi connectivity index (χ0v) is 14.9. The van der Waals surface area contributed by atoms with Gasteiger partial charge in [0.25, 0.3) is 0 Å². The highest BCUT2D eigenvalue weighted by atomic mass is 32.2. The smallest absolute Gasteiger partial charge is 0.215 e. The van der Waals surface area contributed by atoms with E-state index < -0.39 is 10.0 Å². The summed E-state index contributed by atoms with van der Waals surface area (Å²) in [5.41, 5.74) is 2.31. The van der Waals surface area contributed by atoms with E-state index in [1.807, 2.05) is 17.5 Å². The quantitative estimate of drug-likeness (QED) is 0.687. The van der Waals surface area contributed by atoms with Gasteiger partial charge >= 0.3 is 0 Å². The predicted octanol–water partition coefficient (Wildman–Crippen LogP) is 3.01. The molecule has 0 amide bonds. The lowest BCUT2D eigenvalue weighted by Crippen LogP contribution is -2.27. The van der Waals surface area contributed by atoms with Crippen LogP contribution in [-0.2, 0) is 22.2 Å². The Morgan fingerprint density at radius 3 is 2.68 bits per heavy atom. The number of hydrogen-bond donors (Lipinski definition) is 1. The zero-order chi connectivity index (χ0) is 17.7. The molecule has 0 fully saturated rings. The van der Waals surface area contributed by atoms with E-state index in [4.69, 9.17) is 0 Å².